The van der Waals surface area contributed by atoms with Crippen molar-refractivity contribution in [2.24, 2.45) is 0 Å². The summed E-state index contributed by atoms with van der Waals surface area (Å²) in [7, 11) is 3.44. The van der Waals surface area contributed by atoms with Crippen LogP contribution >= 0.6 is 0 Å². The SMILES string of the molecule is COc1cc(C(C)c2ccccc2)cc(OC)c1C(C)C. The minimum absolute atomic E-state index is 0.301. The van der Waals surface area contributed by atoms with Crippen molar-refractivity contribution in [1.29, 1.82) is 0 Å². The highest BCUT2D eigenvalue weighted by atomic mass is 16.5. The second-order valence-corrected chi connectivity index (χ2v) is 5.63. The Morgan fingerprint density at radius 3 is 1.71 bits per heavy atom. The molecule has 0 aromatic heterocycles. The average molecular weight is 284 g/mol. The number of hydrogen-bond acceptors (Lipinski definition) is 2. The smallest absolute Gasteiger partial charge is 0.126 e. The Hall–Kier alpha value is -1.96. The van der Waals surface area contributed by atoms with E-state index in [2.05, 4.69) is 57.2 Å². The van der Waals surface area contributed by atoms with Crippen molar-refractivity contribution in [2.75, 3.05) is 14.2 Å². The molecule has 1 unspecified atom stereocenters. The summed E-state index contributed by atoms with van der Waals surface area (Å²) in [5.41, 5.74) is 3.63. The molecular weight excluding hydrogens is 260 g/mol. The Morgan fingerprint density at radius 1 is 0.762 bits per heavy atom. The van der Waals surface area contributed by atoms with Gasteiger partial charge in [0.1, 0.15) is 11.5 Å². The molecule has 2 rings (SSSR count). The molecule has 0 heterocycles. The largest absolute Gasteiger partial charge is 0.496 e. The van der Waals surface area contributed by atoms with Crippen LogP contribution in [0.15, 0.2) is 42.5 Å². The van der Waals surface area contributed by atoms with Crippen molar-refractivity contribution >= 4 is 0 Å². The first-order valence-electron chi connectivity index (χ1n) is 7.39. The molecule has 0 aliphatic heterocycles. The lowest BCUT2D eigenvalue weighted by Gasteiger charge is -2.20. The van der Waals surface area contributed by atoms with Crippen LogP contribution in [0, 0.1) is 0 Å². The minimum Gasteiger partial charge on any atom is -0.496 e. The van der Waals surface area contributed by atoms with Gasteiger partial charge in [-0.1, -0.05) is 51.1 Å². The molecule has 0 spiro atoms. The molecule has 0 N–H and O–H groups in total. The van der Waals surface area contributed by atoms with Gasteiger partial charge in [-0.25, -0.2) is 0 Å². The molecular formula is C19H24O2. The van der Waals surface area contributed by atoms with Crippen LogP contribution in [0.3, 0.4) is 0 Å². The fourth-order valence-electron chi connectivity index (χ4n) is 2.71. The average Bonchev–Trinajstić information content (AvgIpc) is 2.53. The van der Waals surface area contributed by atoms with E-state index in [1.165, 1.54) is 11.1 Å². The maximum atomic E-state index is 5.60. The maximum Gasteiger partial charge on any atom is 0.126 e. The predicted molar refractivity (Wildman–Crippen MR) is 87.6 cm³/mol. The number of benzene rings is 2. The highest BCUT2D eigenvalue weighted by Gasteiger charge is 2.18. The normalized spacial score (nSPS) is 12.3. The molecule has 0 aliphatic carbocycles. The third-order valence-electron chi connectivity index (χ3n) is 3.94. The molecule has 2 heteroatoms. The van der Waals surface area contributed by atoms with Gasteiger partial charge in [0.15, 0.2) is 0 Å². The summed E-state index contributed by atoms with van der Waals surface area (Å²) in [6, 6.07) is 14.8. The Morgan fingerprint density at radius 2 is 1.29 bits per heavy atom. The first-order chi connectivity index (χ1) is 10.1. The summed E-state index contributed by atoms with van der Waals surface area (Å²) in [4.78, 5) is 0. The van der Waals surface area contributed by atoms with Crippen LogP contribution < -0.4 is 9.47 Å². The Balaban J connectivity index is 2.50. The second-order valence-electron chi connectivity index (χ2n) is 5.63. The summed E-state index contributed by atoms with van der Waals surface area (Å²) < 4.78 is 11.2. The van der Waals surface area contributed by atoms with Crippen LogP contribution in [0.2, 0.25) is 0 Å². The molecule has 2 aromatic carbocycles. The summed E-state index contributed by atoms with van der Waals surface area (Å²) in [5.74, 6) is 2.47. The monoisotopic (exact) mass is 284 g/mol. The number of hydrogen-bond donors (Lipinski definition) is 0. The van der Waals surface area contributed by atoms with Crippen LogP contribution in [0.1, 0.15) is 49.3 Å². The lowest BCUT2D eigenvalue weighted by molar-refractivity contribution is 0.381. The zero-order chi connectivity index (χ0) is 15.4. The van der Waals surface area contributed by atoms with Gasteiger partial charge >= 0.3 is 0 Å². The predicted octanol–water partition coefficient (Wildman–Crippen LogP) is 4.98. The van der Waals surface area contributed by atoms with E-state index in [1.807, 2.05) is 6.07 Å². The molecule has 0 saturated heterocycles. The Labute approximate surface area is 127 Å². The molecule has 1 atom stereocenters. The van der Waals surface area contributed by atoms with Crippen molar-refractivity contribution < 1.29 is 9.47 Å². The van der Waals surface area contributed by atoms with Gasteiger partial charge < -0.3 is 9.47 Å². The van der Waals surface area contributed by atoms with Crippen molar-refractivity contribution in [3.05, 3.63) is 59.2 Å². The van der Waals surface area contributed by atoms with Gasteiger partial charge in [0, 0.05) is 11.5 Å². The first kappa shape index (κ1) is 15.4. The fourth-order valence-corrected chi connectivity index (χ4v) is 2.71. The summed E-state index contributed by atoms with van der Waals surface area (Å²) in [6.07, 6.45) is 0. The molecule has 2 aromatic rings. The number of ether oxygens (including phenoxy) is 2. The van der Waals surface area contributed by atoms with E-state index in [1.54, 1.807) is 14.2 Å². The molecule has 0 fully saturated rings. The van der Waals surface area contributed by atoms with Crippen LogP contribution in [-0.2, 0) is 0 Å². The van der Waals surface area contributed by atoms with E-state index < -0.39 is 0 Å². The quantitative estimate of drug-likeness (QED) is 0.771. The molecule has 0 amide bonds. The van der Waals surface area contributed by atoms with Crippen LogP contribution in [0.25, 0.3) is 0 Å². The summed E-state index contributed by atoms with van der Waals surface area (Å²) in [5, 5.41) is 0. The van der Waals surface area contributed by atoms with Crippen molar-refractivity contribution in [2.45, 2.75) is 32.6 Å². The van der Waals surface area contributed by atoms with Crippen LogP contribution in [0.4, 0.5) is 0 Å². The van der Waals surface area contributed by atoms with Gasteiger partial charge in [-0.3, -0.25) is 0 Å². The van der Waals surface area contributed by atoms with E-state index in [4.69, 9.17) is 9.47 Å². The van der Waals surface area contributed by atoms with Gasteiger partial charge in [0.25, 0.3) is 0 Å². The third-order valence-corrected chi connectivity index (χ3v) is 3.94. The lowest BCUT2D eigenvalue weighted by Crippen LogP contribution is -2.03. The number of methoxy groups -OCH3 is 2. The third kappa shape index (κ3) is 3.21. The van der Waals surface area contributed by atoms with Crippen molar-refractivity contribution in [1.82, 2.24) is 0 Å². The van der Waals surface area contributed by atoms with Gasteiger partial charge in [-0.2, -0.15) is 0 Å². The molecule has 0 radical (unpaired) electrons. The van der Waals surface area contributed by atoms with Gasteiger partial charge in [-0.05, 0) is 29.2 Å². The molecule has 2 nitrogen and oxygen atoms in total. The summed E-state index contributed by atoms with van der Waals surface area (Å²) >= 11 is 0. The van der Waals surface area contributed by atoms with E-state index in [9.17, 15) is 0 Å². The van der Waals surface area contributed by atoms with Crippen molar-refractivity contribution in [3.8, 4) is 11.5 Å². The van der Waals surface area contributed by atoms with E-state index in [0.717, 1.165) is 17.1 Å². The molecule has 0 bridgehead atoms. The Bertz CT molecular complexity index is 563. The van der Waals surface area contributed by atoms with Crippen LogP contribution in [-0.4, -0.2) is 14.2 Å². The zero-order valence-corrected chi connectivity index (χ0v) is 13.5. The van der Waals surface area contributed by atoms with Crippen molar-refractivity contribution in [3.63, 3.8) is 0 Å². The maximum absolute atomic E-state index is 5.60. The van der Waals surface area contributed by atoms with E-state index in [-0.39, 0.29) is 0 Å². The second kappa shape index (κ2) is 6.66. The lowest BCUT2D eigenvalue weighted by atomic mass is 9.90. The van der Waals surface area contributed by atoms with Gasteiger partial charge in [0.2, 0.25) is 0 Å². The topological polar surface area (TPSA) is 18.5 Å². The number of rotatable bonds is 5. The molecule has 0 aliphatic rings. The Kier molecular flexibility index (Phi) is 4.89. The standard InChI is InChI=1S/C19H24O2/c1-13(2)19-17(20-4)11-16(12-18(19)21-5)14(3)15-9-7-6-8-10-15/h6-14H,1-5H3. The van der Waals surface area contributed by atoms with Gasteiger partial charge in [0.05, 0.1) is 14.2 Å². The highest BCUT2D eigenvalue weighted by Crippen LogP contribution is 2.39. The minimum atomic E-state index is 0.301. The van der Waals surface area contributed by atoms with E-state index in [0.29, 0.717) is 11.8 Å². The fraction of sp³-hybridized carbons (Fsp3) is 0.368. The van der Waals surface area contributed by atoms with Gasteiger partial charge in [-0.15, -0.1) is 0 Å². The molecule has 112 valence electrons. The van der Waals surface area contributed by atoms with Crippen LogP contribution in [0.5, 0.6) is 11.5 Å². The molecule has 21 heavy (non-hydrogen) atoms. The first-order valence-corrected chi connectivity index (χ1v) is 7.39. The zero-order valence-electron chi connectivity index (χ0n) is 13.5. The highest BCUT2D eigenvalue weighted by molar-refractivity contribution is 5.52. The summed E-state index contributed by atoms with van der Waals surface area (Å²) in [6.45, 7) is 6.51. The molecule has 0 saturated carbocycles. The van der Waals surface area contributed by atoms with E-state index >= 15 is 0 Å².